The maximum Gasteiger partial charge on any atom is 0.271 e. The van der Waals surface area contributed by atoms with Crippen LogP contribution in [0.5, 0.6) is 0 Å². The van der Waals surface area contributed by atoms with Crippen molar-refractivity contribution in [2.45, 2.75) is 6.54 Å². The Kier molecular flexibility index (Phi) is 4.03. The van der Waals surface area contributed by atoms with Gasteiger partial charge in [0.25, 0.3) is 5.91 Å². The van der Waals surface area contributed by atoms with Gasteiger partial charge in [0.05, 0.1) is 23.5 Å². The van der Waals surface area contributed by atoms with E-state index in [0.29, 0.717) is 23.0 Å². The molecule has 0 saturated carbocycles. The van der Waals surface area contributed by atoms with Gasteiger partial charge >= 0.3 is 0 Å². The molecule has 3 aromatic heterocycles. The van der Waals surface area contributed by atoms with E-state index in [1.54, 1.807) is 34.0 Å². The van der Waals surface area contributed by atoms with Crippen molar-refractivity contribution in [1.29, 1.82) is 0 Å². The van der Waals surface area contributed by atoms with Crippen molar-refractivity contribution in [2.75, 3.05) is 7.05 Å². The lowest BCUT2D eigenvalue weighted by molar-refractivity contribution is 0.0765. The summed E-state index contributed by atoms with van der Waals surface area (Å²) in [6.07, 6.45) is 3.39. The molecule has 25 heavy (non-hydrogen) atoms. The molecule has 0 radical (unpaired) electrons. The van der Waals surface area contributed by atoms with Crippen molar-refractivity contribution in [3.63, 3.8) is 0 Å². The highest BCUT2D eigenvalue weighted by Gasteiger charge is 2.20. The van der Waals surface area contributed by atoms with Crippen LogP contribution in [0, 0.1) is 0 Å². The highest BCUT2D eigenvalue weighted by molar-refractivity contribution is 7.15. The third-order valence-corrected chi connectivity index (χ3v) is 4.98. The summed E-state index contributed by atoms with van der Waals surface area (Å²) in [4.78, 5) is 19.7. The second kappa shape index (κ2) is 6.34. The fraction of sp³-hybridized carbons (Fsp3) is 0.118. The van der Waals surface area contributed by atoms with Crippen molar-refractivity contribution in [1.82, 2.24) is 19.4 Å². The summed E-state index contributed by atoms with van der Waals surface area (Å²) in [7, 11) is 1.72. The van der Waals surface area contributed by atoms with Crippen LogP contribution < -0.4 is 0 Å². The van der Waals surface area contributed by atoms with E-state index in [4.69, 9.17) is 16.1 Å². The topological polar surface area (TPSA) is 63.6 Å². The fourth-order valence-electron chi connectivity index (χ4n) is 2.56. The summed E-state index contributed by atoms with van der Waals surface area (Å²) >= 11 is 7.66. The van der Waals surface area contributed by atoms with Crippen LogP contribution in [-0.4, -0.2) is 32.4 Å². The quantitative estimate of drug-likeness (QED) is 0.543. The van der Waals surface area contributed by atoms with E-state index in [-0.39, 0.29) is 5.91 Å². The van der Waals surface area contributed by atoms with Crippen LogP contribution in [-0.2, 0) is 6.54 Å². The number of carbonyl (C=O) groups is 1. The molecular formula is C17H13ClN4O2S. The smallest absolute Gasteiger partial charge is 0.271 e. The van der Waals surface area contributed by atoms with Crippen LogP contribution in [0.2, 0.25) is 5.02 Å². The second-order valence-corrected chi connectivity index (χ2v) is 6.76. The number of carbonyl (C=O) groups excluding carboxylic acids is 1. The predicted octanol–water partition coefficient (Wildman–Crippen LogP) is 3.98. The Bertz CT molecular complexity index is 1040. The molecule has 4 aromatic rings. The second-order valence-electron chi connectivity index (χ2n) is 5.52. The van der Waals surface area contributed by atoms with E-state index in [1.807, 2.05) is 30.5 Å². The Morgan fingerprint density at radius 1 is 1.36 bits per heavy atom. The molecule has 0 saturated heterocycles. The molecule has 1 amide bonds. The lowest BCUT2D eigenvalue weighted by atomic mass is 10.2. The molecule has 4 rings (SSSR count). The van der Waals surface area contributed by atoms with E-state index in [2.05, 4.69) is 10.1 Å². The van der Waals surface area contributed by atoms with E-state index in [9.17, 15) is 4.79 Å². The van der Waals surface area contributed by atoms with Gasteiger partial charge in [-0.1, -0.05) is 35.0 Å². The van der Waals surface area contributed by atoms with Gasteiger partial charge < -0.3 is 9.42 Å². The van der Waals surface area contributed by atoms with Gasteiger partial charge in [-0.25, -0.2) is 4.98 Å². The Morgan fingerprint density at radius 2 is 2.20 bits per heavy atom. The summed E-state index contributed by atoms with van der Waals surface area (Å²) in [5.41, 5.74) is 2.13. The molecule has 3 heterocycles. The van der Waals surface area contributed by atoms with Gasteiger partial charge in [-0.15, -0.1) is 11.3 Å². The number of hydrogen-bond acceptors (Lipinski definition) is 5. The van der Waals surface area contributed by atoms with Crippen LogP contribution in [0.4, 0.5) is 0 Å². The molecule has 6 nitrogen and oxygen atoms in total. The minimum Gasteiger partial charge on any atom is -0.360 e. The summed E-state index contributed by atoms with van der Waals surface area (Å²) in [6.45, 7) is 0.349. The minimum atomic E-state index is -0.120. The highest BCUT2D eigenvalue weighted by Crippen LogP contribution is 2.29. The zero-order chi connectivity index (χ0) is 17.4. The third kappa shape index (κ3) is 2.92. The number of imidazole rings is 1. The number of thiazole rings is 1. The van der Waals surface area contributed by atoms with Gasteiger partial charge in [0.1, 0.15) is 5.69 Å². The summed E-state index contributed by atoms with van der Waals surface area (Å²) < 4.78 is 6.85. The molecule has 0 aliphatic rings. The van der Waals surface area contributed by atoms with Crippen molar-refractivity contribution in [3.8, 4) is 11.3 Å². The maximum atomic E-state index is 12.8. The normalized spacial score (nSPS) is 11.1. The number of rotatable bonds is 4. The molecule has 0 N–H and O–H groups in total. The first kappa shape index (κ1) is 15.9. The number of halogens is 1. The number of nitrogens with zero attached hydrogens (tertiary/aromatic N) is 4. The van der Waals surface area contributed by atoms with Gasteiger partial charge in [-0.2, -0.15) is 0 Å². The maximum absolute atomic E-state index is 12.8. The van der Waals surface area contributed by atoms with Gasteiger partial charge in [-0.3, -0.25) is 9.20 Å². The highest BCUT2D eigenvalue weighted by atomic mass is 35.5. The number of hydrogen-bond donors (Lipinski definition) is 0. The number of fused-ring (bicyclic) bond motifs is 1. The minimum absolute atomic E-state index is 0.120. The summed E-state index contributed by atoms with van der Waals surface area (Å²) in [5, 5.41) is 6.09. The van der Waals surface area contributed by atoms with Crippen LogP contribution in [0.15, 0.2) is 52.6 Å². The largest absolute Gasteiger partial charge is 0.360 e. The van der Waals surface area contributed by atoms with Crippen molar-refractivity contribution in [2.24, 2.45) is 0 Å². The Labute approximate surface area is 152 Å². The van der Waals surface area contributed by atoms with Gasteiger partial charge in [0.2, 0.25) is 0 Å². The molecule has 0 spiro atoms. The molecule has 0 fully saturated rings. The van der Waals surface area contributed by atoms with Crippen LogP contribution in [0.1, 0.15) is 16.2 Å². The molecular weight excluding hydrogens is 360 g/mol. The van der Waals surface area contributed by atoms with E-state index < -0.39 is 0 Å². The lowest BCUT2D eigenvalue weighted by Crippen LogP contribution is -2.26. The number of amides is 1. The third-order valence-electron chi connectivity index (χ3n) is 3.81. The van der Waals surface area contributed by atoms with Crippen LogP contribution in [0.25, 0.3) is 16.2 Å². The van der Waals surface area contributed by atoms with Crippen molar-refractivity contribution >= 4 is 33.8 Å². The lowest BCUT2D eigenvalue weighted by Gasteiger charge is -2.14. The standard InChI is InChI=1S/C17H13ClN4O2S/c1-21(8-11-6-7-19-24-11)16(23)15-10-25-17-20-14(9-22(15)17)12-4-2-3-5-13(12)18/h2-7,9-10H,8H2,1H3. The Morgan fingerprint density at radius 3 is 2.96 bits per heavy atom. The molecule has 0 atom stereocenters. The number of aromatic nitrogens is 3. The SMILES string of the molecule is CN(Cc1ccno1)C(=O)c1csc2nc(-c3ccccc3Cl)cn12. The van der Waals surface area contributed by atoms with Crippen molar-refractivity contribution < 1.29 is 9.32 Å². The van der Waals surface area contributed by atoms with E-state index >= 15 is 0 Å². The molecule has 0 aliphatic heterocycles. The Hall–Kier alpha value is -2.64. The molecule has 0 bridgehead atoms. The van der Waals surface area contributed by atoms with Crippen molar-refractivity contribution in [3.05, 3.63) is 64.6 Å². The van der Waals surface area contributed by atoms with Gasteiger partial charge in [0, 0.05) is 30.3 Å². The molecule has 8 heteroatoms. The monoisotopic (exact) mass is 372 g/mol. The first-order chi connectivity index (χ1) is 12.1. The molecule has 1 aromatic carbocycles. The number of benzene rings is 1. The molecule has 126 valence electrons. The first-order valence-electron chi connectivity index (χ1n) is 7.50. The molecule has 0 aliphatic carbocycles. The van der Waals surface area contributed by atoms with Crippen LogP contribution >= 0.6 is 22.9 Å². The van der Waals surface area contributed by atoms with Crippen LogP contribution in [0.3, 0.4) is 0 Å². The summed E-state index contributed by atoms with van der Waals surface area (Å²) in [6, 6.07) is 9.25. The zero-order valence-electron chi connectivity index (χ0n) is 13.2. The zero-order valence-corrected chi connectivity index (χ0v) is 14.8. The van der Waals surface area contributed by atoms with E-state index in [1.165, 1.54) is 11.3 Å². The average Bonchev–Trinajstić information content (AvgIpc) is 3.31. The predicted molar refractivity (Wildman–Crippen MR) is 95.8 cm³/mol. The van der Waals surface area contributed by atoms with E-state index in [0.717, 1.165) is 16.2 Å². The summed E-state index contributed by atoms with van der Waals surface area (Å²) in [5.74, 6) is 0.510. The average molecular weight is 373 g/mol. The molecule has 0 unspecified atom stereocenters. The fourth-order valence-corrected chi connectivity index (χ4v) is 3.64. The Balaban J connectivity index is 1.66. The first-order valence-corrected chi connectivity index (χ1v) is 8.76. The van der Waals surface area contributed by atoms with Gasteiger partial charge in [0.15, 0.2) is 10.7 Å². The van der Waals surface area contributed by atoms with Gasteiger partial charge in [-0.05, 0) is 6.07 Å².